The first-order valence-electron chi connectivity index (χ1n) is 4.26. The molecule has 0 bridgehead atoms. The van der Waals surface area contributed by atoms with Gasteiger partial charge in [0, 0.05) is 0 Å². The lowest BCUT2D eigenvalue weighted by molar-refractivity contribution is 0.0873. The summed E-state index contributed by atoms with van der Waals surface area (Å²) < 4.78 is 4.98. The number of ketones is 1. The van der Waals surface area contributed by atoms with Gasteiger partial charge < -0.3 is 10.2 Å². The number of rotatable bonds is 2. The van der Waals surface area contributed by atoms with E-state index >= 15 is 0 Å². The van der Waals surface area contributed by atoms with Crippen molar-refractivity contribution in [2.75, 3.05) is 0 Å². The Morgan fingerprint density at radius 2 is 2.15 bits per heavy atom. The molecule has 1 aromatic rings. The van der Waals surface area contributed by atoms with Crippen molar-refractivity contribution in [3.63, 3.8) is 0 Å². The molecule has 1 heterocycles. The highest BCUT2D eigenvalue weighted by molar-refractivity contribution is 5.98. The normalized spacial score (nSPS) is 14.2. The van der Waals surface area contributed by atoms with Crippen LogP contribution in [0.4, 0.5) is 0 Å². The van der Waals surface area contributed by atoms with Gasteiger partial charge in [0.25, 0.3) is 0 Å². The van der Waals surface area contributed by atoms with E-state index in [9.17, 15) is 4.79 Å². The first-order chi connectivity index (χ1) is 5.93. The molecule has 0 saturated heterocycles. The summed E-state index contributed by atoms with van der Waals surface area (Å²) in [5.41, 5.74) is 5.54. The molecule has 0 aromatic carbocycles. The second-order valence-electron chi connectivity index (χ2n) is 4.19. The Hall–Kier alpha value is -1.09. The van der Waals surface area contributed by atoms with Crippen LogP contribution in [0.1, 0.15) is 31.3 Å². The molecular weight excluding hydrogens is 166 g/mol. The minimum atomic E-state index is -0.515. The third-order valence-corrected chi connectivity index (χ3v) is 1.98. The molecule has 0 fully saturated rings. The molecular formula is C10H15NO2. The monoisotopic (exact) mass is 181 g/mol. The van der Waals surface area contributed by atoms with E-state index in [1.54, 1.807) is 12.1 Å². The van der Waals surface area contributed by atoms with Gasteiger partial charge in [0.05, 0.1) is 12.3 Å². The van der Waals surface area contributed by atoms with Crippen LogP contribution >= 0.6 is 0 Å². The smallest absolute Gasteiger partial charge is 0.215 e. The Bertz CT molecular complexity index is 282. The van der Waals surface area contributed by atoms with Gasteiger partial charge in [-0.2, -0.15) is 0 Å². The van der Waals surface area contributed by atoms with Crippen LogP contribution in [0.25, 0.3) is 0 Å². The fraction of sp³-hybridized carbons (Fsp3) is 0.500. The van der Waals surface area contributed by atoms with Crippen molar-refractivity contribution in [1.29, 1.82) is 0 Å². The maximum absolute atomic E-state index is 11.6. The van der Waals surface area contributed by atoms with Gasteiger partial charge in [-0.3, -0.25) is 4.79 Å². The molecule has 1 rings (SSSR count). The Labute approximate surface area is 77.9 Å². The highest BCUT2D eigenvalue weighted by Crippen LogP contribution is 2.20. The van der Waals surface area contributed by atoms with Crippen molar-refractivity contribution in [1.82, 2.24) is 0 Å². The van der Waals surface area contributed by atoms with Crippen LogP contribution in [-0.4, -0.2) is 11.8 Å². The predicted octanol–water partition coefficient (Wildman–Crippen LogP) is 1.84. The molecule has 3 nitrogen and oxygen atoms in total. The molecule has 0 aliphatic heterocycles. The van der Waals surface area contributed by atoms with E-state index in [4.69, 9.17) is 10.2 Å². The fourth-order valence-corrected chi connectivity index (χ4v) is 0.965. The fourth-order valence-electron chi connectivity index (χ4n) is 0.965. The lowest BCUT2D eigenvalue weighted by atomic mass is 9.84. The minimum absolute atomic E-state index is 0.141. The van der Waals surface area contributed by atoms with Crippen LogP contribution in [0.15, 0.2) is 22.8 Å². The van der Waals surface area contributed by atoms with E-state index in [0.29, 0.717) is 5.76 Å². The largest absolute Gasteiger partial charge is 0.461 e. The first-order valence-corrected chi connectivity index (χ1v) is 4.26. The van der Waals surface area contributed by atoms with Crippen LogP contribution in [0, 0.1) is 5.41 Å². The third kappa shape index (κ3) is 2.18. The molecule has 1 atom stereocenters. The number of carbonyl (C=O) groups excluding carboxylic acids is 1. The molecule has 1 aromatic heterocycles. The van der Waals surface area contributed by atoms with E-state index in [-0.39, 0.29) is 11.2 Å². The van der Waals surface area contributed by atoms with E-state index in [2.05, 4.69) is 0 Å². The second kappa shape index (κ2) is 3.34. The number of nitrogens with two attached hydrogens (primary N) is 1. The number of Topliss-reactive ketones (excluding diaryl/α,β-unsaturated/α-hetero) is 1. The lowest BCUT2D eigenvalue weighted by Gasteiger charge is -2.24. The second-order valence-corrected chi connectivity index (χ2v) is 4.19. The summed E-state index contributed by atoms with van der Waals surface area (Å²) in [6.07, 6.45) is 1.47. The van der Waals surface area contributed by atoms with Crippen LogP contribution in [0.2, 0.25) is 0 Å². The summed E-state index contributed by atoms with van der Waals surface area (Å²) in [5, 5.41) is 0. The molecule has 0 aliphatic rings. The van der Waals surface area contributed by atoms with Gasteiger partial charge in [-0.05, 0) is 17.5 Å². The zero-order valence-corrected chi connectivity index (χ0v) is 8.20. The maximum atomic E-state index is 11.6. The van der Waals surface area contributed by atoms with Gasteiger partial charge in [-0.1, -0.05) is 20.8 Å². The van der Waals surface area contributed by atoms with Gasteiger partial charge in [-0.25, -0.2) is 0 Å². The molecule has 13 heavy (non-hydrogen) atoms. The van der Waals surface area contributed by atoms with Gasteiger partial charge in [0.15, 0.2) is 5.76 Å². The number of hydrogen-bond donors (Lipinski definition) is 1. The summed E-state index contributed by atoms with van der Waals surface area (Å²) in [5.74, 6) is 0.194. The third-order valence-electron chi connectivity index (χ3n) is 1.98. The van der Waals surface area contributed by atoms with Crippen LogP contribution in [0.5, 0.6) is 0 Å². The van der Waals surface area contributed by atoms with Gasteiger partial charge in [0.1, 0.15) is 0 Å². The van der Waals surface area contributed by atoms with Crippen molar-refractivity contribution in [2.45, 2.75) is 26.8 Å². The van der Waals surface area contributed by atoms with E-state index in [1.165, 1.54) is 6.26 Å². The Balaban J connectivity index is 2.81. The molecule has 0 aliphatic carbocycles. The molecule has 0 saturated carbocycles. The average molecular weight is 181 g/mol. The first kappa shape index (κ1) is 9.99. The summed E-state index contributed by atoms with van der Waals surface area (Å²) in [7, 11) is 0. The Morgan fingerprint density at radius 1 is 1.54 bits per heavy atom. The average Bonchev–Trinajstić information content (AvgIpc) is 2.51. The number of hydrogen-bond acceptors (Lipinski definition) is 3. The predicted molar refractivity (Wildman–Crippen MR) is 50.5 cm³/mol. The highest BCUT2D eigenvalue weighted by atomic mass is 16.3. The molecule has 2 N–H and O–H groups in total. The van der Waals surface area contributed by atoms with E-state index < -0.39 is 6.04 Å². The quantitative estimate of drug-likeness (QED) is 0.708. The molecule has 0 amide bonds. The summed E-state index contributed by atoms with van der Waals surface area (Å²) in [4.78, 5) is 11.6. The van der Waals surface area contributed by atoms with Gasteiger partial charge in [-0.15, -0.1) is 0 Å². The maximum Gasteiger partial charge on any atom is 0.215 e. The van der Waals surface area contributed by atoms with Crippen LogP contribution in [0.3, 0.4) is 0 Å². The molecule has 72 valence electrons. The molecule has 0 spiro atoms. The highest BCUT2D eigenvalue weighted by Gasteiger charge is 2.29. The molecule has 0 radical (unpaired) electrons. The van der Waals surface area contributed by atoms with E-state index in [0.717, 1.165) is 0 Å². The van der Waals surface area contributed by atoms with Crippen molar-refractivity contribution >= 4 is 5.78 Å². The number of carbonyl (C=O) groups is 1. The lowest BCUT2D eigenvalue weighted by Crippen LogP contribution is -2.42. The zero-order chi connectivity index (χ0) is 10.1. The standard InChI is InChI=1S/C10H15NO2/c1-10(2,3)9(11)8(12)7-5-4-6-13-7/h4-6,9H,11H2,1-3H3. The van der Waals surface area contributed by atoms with Crippen LogP contribution in [-0.2, 0) is 0 Å². The topological polar surface area (TPSA) is 56.2 Å². The Kier molecular flexibility index (Phi) is 2.57. The summed E-state index contributed by atoms with van der Waals surface area (Å²) in [6.45, 7) is 5.79. The van der Waals surface area contributed by atoms with Gasteiger partial charge >= 0.3 is 0 Å². The zero-order valence-electron chi connectivity index (χ0n) is 8.20. The van der Waals surface area contributed by atoms with Crippen LogP contribution < -0.4 is 5.73 Å². The van der Waals surface area contributed by atoms with Crippen molar-refractivity contribution < 1.29 is 9.21 Å². The van der Waals surface area contributed by atoms with Crippen molar-refractivity contribution in [3.8, 4) is 0 Å². The minimum Gasteiger partial charge on any atom is -0.461 e. The van der Waals surface area contributed by atoms with E-state index in [1.807, 2.05) is 20.8 Å². The Morgan fingerprint density at radius 3 is 2.54 bits per heavy atom. The molecule has 1 unspecified atom stereocenters. The van der Waals surface area contributed by atoms with Crippen molar-refractivity contribution in [3.05, 3.63) is 24.2 Å². The van der Waals surface area contributed by atoms with Gasteiger partial charge in [0.2, 0.25) is 5.78 Å². The summed E-state index contributed by atoms with van der Waals surface area (Å²) in [6, 6.07) is 2.80. The SMILES string of the molecule is CC(C)(C)C(N)C(=O)c1ccco1. The molecule has 3 heteroatoms. The van der Waals surface area contributed by atoms with Crippen molar-refractivity contribution in [2.24, 2.45) is 11.1 Å². The number of furan rings is 1. The summed E-state index contributed by atoms with van der Waals surface area (Å²) >= 11 is 0.